The topological polar surface area (TPSA) is 29.9 Å². The lowest BCUT2D eigenvalue weighted by Gasteiger charge is -2.54. The van der Waals surface area contributed by atoms with Gasteiger partial charge in [0.25, 0.3) is 0 Å². The number of aromatic nitrogens is 2. The number of aryl methyl sites for hydroxylation is 1. The van der Waals surface area contributed by atoms with Gasteiger partial charge in [0.05, 0.1) is 5.39 Å². The average molecular weight is 259 g/mol. The van der Waals surface area contributed by atoms with E-state index in [1.807, 2.05) is 19.2 Å². The number of pyridine rings is 1. The Morgan fingerprint density at radius 3 is 2.89 bits per heavy atom. The van der Waals surface area contributed by atoms with Crippen LogP contribution in [0.1, 0.15) is 18.5 Å². The number of hydrogen-bond acceptors (Lipinski definition) is 2. The molecule has 0 unspecified atom stereocenters. The summed E-state index contributed by atoms with van der Waals surface area (Å²) in [5, 5.41) is 3.99. The third kappa shape index (κ3) is 1.70. The van der Waals surface area contributed by atoms with E-state index in [1.165, 1.54) is 32.1 Å². The van der Waals surface area contributed by atoms with Gasteiger partial charge >= 0.3 is 0 Å². The van der Waals surface area contributed by atoms with Crippen molar-refractivity contribution in [3.8, 4) is 0 Å². The van der Waals surface area contributed by atoms with Gasteiger partial charge in [-0.1, -0.05) is 0 Å². The summed E-state index contributed by atoms with van der Waals surface area (Å²) in [6.45, 7) is 2.39. The van der Waals surface area contributed by atoms with Crippen molar-refractivity contribution in [3.63, 3.8) is 0 Å². The van der Waals surface area contributed by atoms with Crippen molar-refractivity contribution in [2.24, 2.45) is 18.4 Å². The maximum absolute atomic E-state index is 13.6. The van der Waals surface area contributed by atoms with Crippen molar-refractivity contribution < 1.29 is 4.39 Å². The summed E-state index contributed by atoms with van der Waals surface area (Å²) in [4.78, 5) is 4.62. The van der Waals surface area contributed by atoms with Crippen LogP contribution in [0.3, 0.4) is 0 Å². The molecule has 0 atom stereocenters. The van der Waals surface area contributed by atoms with Crippen LogP contribution < -0.4 is 5.32 Å². The maximum Gasteiger partial charge on any atom is 0.150 e. The predicted molar refractivity (Wildman–Crippen MR) is 72.4 cm³/mol. The lowest BCUT2D eigenvalue weighted by molar-refractivity contribution is 0.000516. The van der Waals surface area contributed by atoms with Crippen molar-refractivity contribution in [2.45, 2.75) is 19.3 Å². The van der Waals surface area contributed by atoms with Gasteiger partial charge in [-0.05, 0) is 42.7 Å². The minimum atomic E-state index is -0.181. The molecule has 0 aromatic carbocycles. The monoisotopic (exact) mass is 259 g/mol. The third-order valence-electron chi connectivity index (χ3n) is 4.77. The highest BCUT2D eigenvalue weighted by atomic mass is 19.1. The second-order valence-electron chi connectivity index (χ2n) is 6.34. The summed E-state index contributed by atoms with van der Waals surface area (Å²) >= 11 is 0. The van der Waals surface area contributed by atoms with Crippen LogP contribution in [-0.4, -0.2) is 22.6 Å². The standard InChI is InChI=1S/C15H18FN3/c1-19-7-13(16)12-3-2-11(18-14(12)19)4-10-5-15(6-10)8-17-9-15/h2-3,7,10,17H,4-6,8-9H2,1H3. The van der Waals surface area contributed by atoms with Crippen LogP contribution in [0, 0.1) is 17.2 Å². The predicted octanol–water partition coefficient (Wildman–Crippen LogP) is 2.25. The molecular formula is C15H18FN3. The van der Waals surface area contributed by atoms with E-state index in [-0.39, 0.29) is 5.82 Å². The van der Waals surface area contributed by atoms with Crippen molar-refractivity contribution in [1.29, 1.82) is 0 Å². The fraction of sp³-hybridized carbons (Fsp3) is 0.533. The fourth-order valence-corrected chi connectivity index (χ4v) is 3.73. The van der Waals surface area contributed by atoms with Gasteiger partial charge in [0.15, 0.2) is 0 Å². The van der Waals surface area contributed by atoms with E-state index in [9.17, 15) is 4.39 Å². The zero-order valence-electron chi connectivity index (χ0n) is 11.1. The Hall–Kier alpha value is -1.42. The highest BCUT2D eigenvalue weighted by molar-refractivity contribution is 5.77. The van der Waals surface area contributed by atoms with Gasteiger partial charge in [-0.3, -0.25) is 0 Å². The molecule has 0 radical (unpaired) electrons. The summed E-state index contributed by atoms with van der Waals surface area (Å²) in [5.74, 6) is 0.580. The SMILES string of the molecule is Cn1cc(F)c2ccc(CC3CC4(CNC4)C3)nc21. The summed E-state index contributed by atoms with van der Waals surface area (Å²) < 4.78 is 15.3. The minimum Gasteiger partial charge on any atom is -0.333 e. The molecule has 2 fully saturated rings. The first-order valence-corrected chi connectivity index (χ1v) is 6.96. The van der Waals surface area contributed by atoms with Gasteiger partial charge in [-0.2, -0.15) is 0 Å². The molecule has 1 saturated heterocycles. The molecule has 4 rings (SSSR count). The quantitative estimate of drug-likeness (QED) is 0.896. The van der Waals surface area contributed by atoms with Crippen LogP contribution in [0.4, 0.5) is 4.39 Å². The molecule has 1 aliphatic carbocycles. The van der Waals surface area contributed by atoms with Gasteiger partial charge < -0.3 is 9.88 Å². The average Bonchev–Trinajstić information content (AvgIpc) is 2.57. The van der Waals surface area contributed by atoms with Gasteiger partial charge in [0.1, 0.15) is 11.5 Å². The number of rotatable bonds is 2. The molecule has 1 aliphatic heterocycles. The molecule has 1 spiro atoms. The molecule has 1 saturated carbocycles. The van der Waals surface area contributed by atoms with E-state index in [1.54, 1.807) is 4.57 Å². The molecule has 2 aromatic rings. The zero-order valence-corrected chi connectivity index (χ0v) is 11.1. The largest absolute Gasteiger partial charge is 0.333 e. The molecule has 4 heteroatoms. The lowest BCUT2D eigenvalue weighted by atomic mass is 9.57. The summed E-state index contributed by atoms with van der Waals surface area (Å²) in [6.07, 6.45) is 5.17. The lowest BCUT2D eigenvalue weighted by Crippen LogP contribution is -2.60. The highest BCUT2D eigenvalue weighted by Gasteiger charge is 2.47. The molecule has 19 heavy (non-hydrogen) atoms. The Labute approximate surface area is 111 Å². The molecule has 0 amide bonds. The van der Waals surface area contributed by atoms with E-state index >= 15 is 0 Å². The Bertz CT molecular complexity index is 634. The van der Waals surface area contributed by atoms with Gasteiger partial charge in [0, 0.05) is 32.0 Å². The number of fused-ring (bicyclic) bond motifs is 1. The first-order valence-electron chi connectivity index (χ1n) is 6.96. The Kier molecular flexibility index (Phi) is 2.28. The molecule has 0 bridgehead atoms. The van der Waals surface area contributed by atoms with Crippen LogP contribution >= 0.6 is 0 Å². The van der Waals surface area contributed by atoms with Crippen LogP contribution in [0.5, 0.6) is 0 Å². The van der Waals surface area contributed by atoms with Gasteiger partial charge in [0.2, 0.25) is 0 Å². The molecule has 3 heterocycles. The fourth-order valence-electron chi connectivity index (χ4n) is 3.73. The van der Waals surface area contributed by atoms with Crippen LogP contribution in [0.2, 0.25) is 0 Å². The van der Waals surface area contributed by atoms with E-state index in [0.29, 0.717) is 10.8 Å². The molecule has 2 aromatic heterocycles. The highest BCUT2D eigenvalue weighted by Crippen LogP contribution is 2.49. The normalized spacial score (nSPS) is 21.6. The third-order valence-corrected chi connectivity index (χ3v) is 4.77. The van der Waals surface area contributed by atoms with E-state index in [2.05, 4.69) is 10.3 Å². The zero-order chi connectivity index (χ0) is 13.0. The Morgan fingerprint density at radius 2 is 2.21 bits per heavy atom. The molecule has 3 nitrogen and oxygen atoms in total. The smallest absolute Gasteiger partial charge is 0.150 e. The van der Waals surface area contributed by atoms with Crippen LogP contribution in [-0.2, 0) is 13.5 Å². The maximum atomic E-state index is 13.6. The van der Waals surface area contributed by atoms with Crippen molar-refractivity contribution in [2.75, 3.05) is 13.1 Å². The number of nitrogens with zero attached hydrogens (tertiary/aromatic N) is 2. The van der Waals surface area contributed by atoms with E-state index in [4.69, 9.17) is 0 Å². The second kappa shape index (κ2) is 3.79. The van der Waals surface area contributed by atoms with E-state index < -0.39 is 0 Å². The first-order chi connectivity index (χ1) is 9.15. The summed E-state index contributed by atoms with van der Waals surface area (Å²) in [6, 6.07) is 3.85. The molecule has 2 aliphatic rings. The minimum absolute atomic E-state index is 0.181. The second-order valence-corrected chi connectivity index (χ2v) is 6.34. The Balaban J connectivity index is 1.54. The number of hydrogen-bond donors (Lipinski definition) is 1. The van der Waals surface area contributed by atoms with Crippen molar-refractivity contribution in [3.05, 3.63) is 29.8 Å². The summed E-state index contributed by atoms with van der Waals surface area (Å²) in [5.41, 5.74) is 2.47. The van der Waals surface area contributed by atoms with Crippen LogP contribution in [0.15, 0.2) is 18.3 Å². The van der Waals surface area contributed by atoms with Crippen molar-refractivity contribution >= 4 is 11.0 Å². The molecule has 1 N–H and O–H groups in total. The molecule has 100 valence electrons. The van der Waals surface area contributed by atoms with E-state index in [0.717, 1.165) is 23.7 Å². The first kappa shape index (κ1) is 11.4. The van der Waals surface area contributed by atoms with Gasteiger partial charge in [-0.15, -0.1) is 0 Å². The molecular weight excluding hydrogens is 241 g/mol. The number of nitrogens with one attached hydrogen (secondary N) is 1. The number of halogens is 1. The summed E-state index contributed by atoms with van der Waals surface area (Å²) in [7, 11) is 1.85. The Morgan fingerprint density at radius 1 is 1.42 bits per heavy atom. The van der Waals surface area contributed by atoms with Crippen molar-refractivity contribution in [1.82, 2.24) is 14.9 Å². The van der Waals surface area contributed by atoms with Crippen LogP contribution in [0.25, 0.3) is 11.0 Å². The van der Waals surface area contributed by atoms with Gasteiger partial charge in [-0.25, -0.2) is 9.37 Å².